The van der Waals surface area contributed by atoms with Crippen molar-refractivity contribution < 1.29 is 4.79 Å². The number of anilines is 1. The lowest BCUT2D eigenvalue weighted by Gasteiger charge is -2.34. The summed E-state index contributed by atoms with van der Waals surface area (Å²) in [5.41, 5.74) is 0.747. The molecule has 2 aromatic rings. The summed E-state index contributed by atoms with van der Waals surface area (Å²) in [7, 11) is 0. The highest BCUT2D eigenvalue weighted by Crippen LogP contribution is 2.18. The van der Waals surface area contributed by atoms with Gasteiger partial charge < -0.3 is 9.80 Å². The number of hydrogen-bond donors (Lipinski definition) is 0. The molecule has 2 fully saturated rings. The highest BCUT2D eigenvalue weighted by Gasteiger charge is 2.21. The van der Waals surface area contributed by atoms with E-state index >= 15 is 0 Å². The van der Waals surface area contributed by atoms with Crippen molar-refractivity contribution in [1.82, 2.24) is 29.6 Å². The van der Waals surface area contributed by atoms with E-state index in [0.29, 0.717) is 12.8 Å². The number of hydrogen-bond acceptors (Lipinski definition) is 6. The van der Waals surface area contributed by atoms with Crippen LogP contribution in [-0.4, -0.2) is 81.3 Å². The van der Waals surface area contributed by atoms with Crippen molar-refractivity contribution in [3.8, 4) is 0 Å². The summed E-state index contributed by atoms with van der Waals surface area (Å²) in [6, 6.07) is 4.00. The number of nitrogens with zero attached hydrogens (tertiary/aromatic N) is 7. The fraction of sp³-hybridized carbons (Fsp3) is 0.700. The van der Waals surface area contributed by atoms with Gasteiger partial charge in [0.2, 0.25) is 5.91 Å². The first-order valence-electron chi connectivity index (χ1n) is 10.7. The van der Waals surface area contributed by atoms with E-state index in [1.807, 2.05) is 21.5 Å². The lowest BCUT2D eigenvalue weighted by atomic mass is 10.1. The largest absolute Gasteiger partial charge is 0.355 e. The average molecular weight is 386 g/mol. The van der Waals surface area contributed by atoms with Crippen molar-refractivity contribution in [2.45, 2.75) is 45.4 Å². The van der Waals surface area contributed by atoms with Crippen molar-refractivity contribution in [1.29, 1.82) is 0 Å². The second kappa shape index (κ2) is 8.86. The Labute approximate surface area is 166 Å². The summed E-state index contributed by atoms with van der Waals surface area (Å²) in [5, 5.41) is 13.3. The lowest BCUT2D eigenvalue weighted by Crippen LogP contribution is -2.48. The number of carbonyl (C=O) groups is 1. The Morgan fingerprint density at radius 1 is 1.00 bits per heavy atom. The Balaban J connectivity index is 1.37. The number of rotatable bonds is 6. The first kappa shape index (κ1) is 19.1. The van der Waals surface area contributed by atoms with Crippen molar-refractivity contribution in [3.63, 3.8) is 0 Å². The molecule has 0 aromatic carbocycles. The normalized spacial score (nSPS) is 18.8. The van der Waals surface area contributed by atoms with Gasteiger partial charge >= 0.3 is 0 Å². The van der Waals surface area contributed by atoms with E-state index in [1.165, 1.54) is 25.7 Å². The zero-order valence-corrected chi connectivity index (χ0v) is 16.9. The van der Waals surface area contributed by atoms with E-state index in [0.717, 1.165) is 63.1 Å². The number of amides is 1. The van der Waals surface area contributed by atoms with E-state index in [4.69, 9.17) is 5.10 Å². The SMILES string of the molecule is CCCN1CCN(C(=O)CCc2nnc3ccc(N4CCCCC4)nn23)CC1. The van der Waals surface area contributed by atoms with Crippen molar-refractivity contribution in [2.24, 2.45) is 0 Å². The number of piperidine rings is 1. The summed E-state index contributed by atoms with van der Waals surface area (Å²) in [6.45, 7) is 9.05. The molecule has 28 heavy (non-hydrogen) atoms. The molecule has 2 aromatic heterocycles. The molecule has 8 heteroatoms. The molecule has 1 amide bonds. The van der Waals surface area contributed by atoms with Gasteiger partial charge in [-0.05, 0) is 44.4 Å². The smallest absolute Gasteiger partial charge is 0.223 e. The average Bonchev–Trinajstić information content (AvgIpc) is 3.15. The topological polar surface area (TPSA) is 69.9 Å². The predicted molar refractivity (Wildman–Crippen MR) is 108 cm³/mol. The van der Waals surface area contributed by atoms with Crippen LogP contribution in [0, 0.1) is 0 Å². The number of carbonyl (C=O) groups excluding carboxylic acids is 1. The monoisotopic (exact) mass is 385 g/mol. The van der Waals surface area contributed by atoms with Crippen LogP contribution in [0.2, 0.25) is 0 Å². The third kappa shape index (κ3) is 4.27. The Morgan fingerprint density at radius 3 is 2.54 bits per heavy atom. The van der Waals surface area contributed by atoms with Gasteiger partial charge in [-0.2, -0.15) is 4.52 Å². The second-order valence-corrected chi connectivity index (χ2v) is 7.85. The molecule has 2 aliphatic heterocycles. The van der Waals surface area contributed by atoms with Gasteiger partial charge in [0.25, 0.3) is 0 Å². The maximum absolute atomic E-state index is 12.6. The van der Waals surface area contributed by atoms with E-state index in [1.54, 1.807) is 0 Å². The molecule has 2 aliphatic rings. The molecule has 0 unspecified atom stereocenters. The van der Waals surface area contributed by atoms with Gasteiger partial charge in [-0.3, -0.25) is 9.69 Å². The van der Waals surface area contributed by atoms with E-state index in [9.17, 15) is 4.79 Å². The van der Waals surface area contributed by atoms with Gasteiger partial charge in [0.1, 0.15) is 5.82 Å². The number of fused-ring (bicyclic) bond motifs is 1. The minimum Gasteiger partial charge on any atom is -0.355 e. The molecular weight excluding hydrogens is 354 g/mol. The molecule has 4 heterocycles. The molecule has 0 spiro atoms. The van der Waals surface area contributed by atoms with Gasteiger partial charge in [0.05, 0.1) is 0 Å². The maximum Gasteiger partial charge on any atom is 0.223 e. The first-order valence-corrected chi connectivity index (χ1v) is 10.7. The highest BCUT2D eigenvalue weighted by atomic mass is 16.2. The molecule has 4 rings (SSSR count). The van der Waals surface area contributed by atoms with Gasteiger partial charge in [0.15, 0.2) is 11.5 Å². The van der Waals surface area contributed by atoms with Gasteiger partial charge in [0, 0.05) is 52.1 Å². The fourth-order valence-electron chi connectivity index (χ4n) is 4.19. The second-order valence-electron chi connectivity index (χ2n) is 7.85. The summed E-state index contributed by atoms with van der Waals surface area (Å²) in [6.07, 6.45) is 5.94. The number of aromatic nitrogens is 4. The van der Waals surface area contributed by atoms with Crippen molar-refractivity contribution in [3.05, 3.63) is 18.0 Å². The van der Waals surface area contributed by atoms with Crippen LogP contribution in [0.4, 0.5) is 5.82 Å². The van der Waals surface area contributed by atoms with Crippen molar-refractivity contribution in [2.75, 3.05) is 50.7 Å². The Kier molecular flexibility index (Phi) is 6.04. The Morgan fingerprint density at radius 2 is 1.79 bits per heavy atom. The first-order chi connectivity index (χ1) is 13.7. The van der Waals surface area contributed by atoms with Crippen LogP contribution in [0.25, 0.3) is 5.65 Å². The fourth-order valence-corrected chi connectivity index (χ4v) is 4.19. The minimum atomic E-state index is 0.208. The lowest BCUT2D eigenvalue weighted by molar-refractivity contribution is -0.132. The molecular formula is C20H31N7O. The van der Waals surface area contributed by atoms with E-state index in [-0.39, 0.29) is 5.91 Å². The molecule has 0 bridgehead atoms. The van der Waals surface area contributed by atoms with E-state index in [2.05, 4.69) is 26.9 Å². The van der Waals surface area contributed by atoms with Crippen LogP contribution in [0.1, 0.15) is 44.9 Å². The zero-order chi connectivity index (χ0) is 19.3. The summed E-state index contributed by atoms with van der Waals surface area (Å²) in [5.74, 6) is 1.96. The standard InChI is InChI=1S/C20H31N7O/c1-2-10-24-13-15-26(16-14-24)20(28)9-8-18-22-21-17-6-7-19(23-27(17)18)25-11-4-3-5-12-25/h6-7H,2-5,8-16H2,1H3. The summed E-state index contributed by atoms with van der Waals surface area (Å²) >= 11 is 0. The Hall–Kier alpha value is -2.22. The zero-order valence-electron chi connectivity index (χ0n) is 16.9. The molecule has 8 nitrogen and oxygen atoms in total. The van der Waals surface area contributed by atoms with Gasteiger partial charge in [-0.1, -0.05) is 6.92 Å². The quantitative estimate of drug-likeness (QED) is 0.752. The number of piperazine rings is 1. The van der Waals surface area contributed by atoms with Crippen LogP contribution < -0.4 is 4.90 Å². The van der Waals surface area contributed by atoms with Crippen molar-refractivity contribution >= 4 is 17.4 Å². The van der Waals surface area contributed by atoms with Crippen LogP contribution in [0.5, 0.6) is 0 Å². The third-order valence-corrected chi connectivity index (χ3v) is 5.82. The third-order valence-electron chi connectivity index (χ3n) is 5.82. The molecule has 0 saturated carbocycles. The molecule has 0 atom stereocenters. The number of aryl methyl sites for hydroxylation is 1. The Bertz CT molecular complexity index is 791. The highest BCUT2D eigenvalue weighted by molar-refractivity contribution is 5.76. The van der Waals surface area contributed by atoms with Crippen LogP contribution >= 0.6 is 0 Å². The van der Waals surface area contributed by atoms with Gasteiger partial charge in [-0.15, -0.1) is 15.3 Å². The summed E-state index contributed by atoms with van der Waals surface area (Å²) < 4.78 is 1.82. The predicted octanol–water partition coefficient (Wildman–Crippen LogP) is 1.60. The maximum atomic E-state index is 12.6. The van der Waals surface area contributed by atoms with Crippen LogP contribution in [0.15, 0.2) is 12.1 Å². The summed E-state index contributed by atoms with van der Waals surface area (Å²) in [4.78, 5) is 19.4. The molecule has 0 radical (unpaired) electrons. The van der Waals surface area contributed by atoms with Crippen LogP contribution in [0.3, 0.4) is 0 Å². The molecule has 0 aliphatic carbocycles. The van der Waals surface area contributed by atoms with Crippen LogP contribution in [-0.2, 0) is 11.2 Å². The minimum absolute atomic E-state index is 0.208. The van der Waals surface area contributed by atoms with E-state index < -0.39 is 0 Å². The molecule has 2 saturated heterocycles. The molecule has 0 N–H and O–H groups in total. The van der Waals surface area contributed by atoms with Gasteiger partial charge in [-0.25, -0.2) is 0 Å². The molecule has 152 valence electrons.